The molecule has 0 atom stereocenters. The summed E-state index contributed by atoms with van der Waals surface area (Å²) in [5.41, 5.74) is 7.53. The zero-order valence-corrected chi connectivity index (χ0v) is 17.8. The molecule has 0 saturated carbocycles. The molecule has 10 heteroatoms. The Bertz CT molecular complexity index is 1370. The van der Waals surface area contributed by atoms with E-state index in [1.165, 1.54) is 23.5 Å². The molecule has 4 rings (SSSR count). The van der Waals surface area contributed by atoms with E-state index in [0.29, 0.717) is 38.9 Å². The SMILES string of the molecule is CN(c1ccc(Cl)cc1)S(=O)(=O)c1ccc(-c2nc3ccc(OC(N)=O)cc3[nH]2)cc1. The Morgan fingerprint density at radius 3 is 2.39 bits per heavy atom. The number of nitrogens with two attached hydrogens (primary N) is 1. The molecule has 0 bridgehead atoms. The number of imidazole rings is 1. The van der Waals surface area contributed by atoms with Gasteiger partial charge >= 0.3 is 6.09 Å². The summed E-state index contributed by atoms with van der Waals surface area (Å²) >= 11 is 5.88. The summed E-state index contributed by atoms with van der Waals surface area (Å²) in [4.78, 5) is 18.7. The lowest BCUT2D eigenvalue weighted by molar-refractivity contribution is 0.211. The number of aromatic amines is 1. The fourth-order valence-electron chi connectivity index (χ4n) is 3.04. The molecule has 3 N–H and O–H groups in total. The number of rotatable bonds is 5. The van der Waals surface area contributed by atoms with Crippen molar-refractivity contribution in [2.45, 2.75) is 4.90 Å². The van der Waals surface area contributed by atoms with Gasteiger partial charge in [-0.2, -0.15) is 0 Å². The molecule has 1 heterocycles. The first kappa shape index (κ1) is 20.7. The zero-order chi connectivity index (χ0) is 22.2. The Morgan fingerprint density at radius 1 is 1.06 bits per heavy atom. The highest BCUT2D eigenvalue weighted by Gasteiger charge is 2.21. The van der Waals surface area contributed by atoms with Crippen LogP contribution in [0.5, 0.6) is 5.75 Å². The normalized spacial score (nSPS) is 11.4. The summed E-state index contributed by atoms with van der Waals surface area (Å²) in [5, 5.41) is 0.526. The van der Waals surface area contributed by atoms with E-state index in [0.717, 1.165) is 0 Å². The molecule has 0 aliphatic rings. The molecule has 31 heavy (non-hydrogen) atoms. The van der Waals surface area contributed by atoms with Crippen molar-refractivity contribution in [2.75, 3.05) is 11.4 Å². The van der Waals surface area contributed by atoms with Crippen molar-refractivity contribution in [2.24, 2.45) is 5.73 Å². The zero-order valence-electron chi connectivity index (χ0n) is 16.2. The maximum absolute atomic E-state index is 12.9. The van der Waals surface area contributed by atoms with Gasteiger partial charge in [0.15, 0.2) is 0 Å². The molecule has 1 aromatic heterocycles. The highest BCUT2D eigenvalue weighted by atomic mass is 35.5. The van der Waals surface area contributed by atoms with Gasteiger partial charge in [0.25, 0.3) is 10.0 Å². The molecule has 0 unspecified atom stereocenters. The van der Waals surface area contributed by atoms with Crippen molar-refractivity contribution >= 4 is 44.4 Å². The number of aromatic nitrogens is 2. The van der Waals surface area contributed by atoms with Crippen molar-refractivity contribution in [3.8, 4) is 17.1 Å². The fraction of sp³-hybridized carbons (Fsp3) is 0.0476. The molecule has 0 aliphatic heterocycles. The van der Waals surface area contributed by atoms with Crippen LogP contribution in [0.1, 0.15) is 0 Å². The molecule has 158 valence electrons. The van der Waals surface area contributed by atoms with Crippen LogP contribution in [0.25, 0.3) is 22.4 Å². The van der Waals surface area contributed by atoms with Crippen molar-refractivity contribution < 1.29 is 17.9 Å². The van der Waals surface area contributed by atoms with Crippen LogP contribution in [0.2, 0.25) is 5.02 Å². The minimum Gasteiger partial charge on any atom is -0.410 e. The monoisotopic (exact) mass is 456 g/mol. The molecule has 0 aliphatic carbocycles. The van der Waals surface area contributed by atoms with Gasteiger partial charge in [-0.1, -0.05) is 11.6 Å². The maximum atomic E-state index is 12.9. The number of nitrogens with one attached hydrogen (secondary N) is 1. The Hall–Kier alpha value is -3.56. The van der Waals surface area contributed by atoms with Crippen LogP contribution >= 0.6 is 11.6 Å². The van der Waals surface area contributed by atoms with Gasteiger partial charge < -0.3 is 15.5 Å². The van der Waals surface area contributed by atoms with Gasteiger partial charge in [0.1, 0.15) is 11.6 Å². The fourth-order valence-corrected chi connectivity index (χ4v) is 4.36. The van der Waals surface area contributed by atoms with Crippen molar-refractivity contribution in [1.82, 2.24) is 9.97 Å². The number of carbonyl (C=O) groups excluding carboxylic acids is 1. The second kappa shape index (κ2) is 7.93. The largest absolute Gasteiger partial charge is 0.410 e. The summed E-state index contributed by atoms with van der Waals surface area (Å²) in [6, 6.07) is 17.8. The highest BCUT2D eigenvalue weighted by Crippen LogP contribution is 2.27. The number of carbonyl (C=O) groups is 1. The molecular formula is C21H17ClN4O4S. The smallest absolute Gasteiger partial charge is 0.409 e. The van der Waals surface area contributed by atoms with Crippen LogP contribution in [0, 0.1) is 0 Å². The molecule has 1 amide bonds. The predicted molar refractivity (Wildman–Crippen MR) is 119 cm³/mol. The first-order chi connectivity index (χ1) is 14.7. The van der Waals surface area contributed by atoms with E-state index >= 15 is 0 Å². The number of nitrogens with zero attached hydrogens (tertiary/aromatic N) is 2. The third-order valence-corrected chi connectivity index (χ3v) is 6.70. The number of ether oxygens (including phenoxy) is 1. The highest BCUT2D eigenvalue weighted by molar-refractivity contribution is 7.92. The van der Waals surface area contributed by atoms with E-state index in [2.05, 4.69) is 9.97 Å². The van der Waals surface area contributed by atoms with E-state index in [-0.39, 0.29) is 4.90 Å². The van der Waals surface area contributed by atoms with Crippen LogP contribution in [-0.4, -0.2) is 31.5 Å². The molecule has 0 fully saturated rings. The van der Waals surface area contributed by atoms with Crippen molar-refractivity contribution in [3.05, 3.63) is 71.8 Å². The summed E-state index contributed by atoms with van der Waals surface area (Å²) in [5.74, 6) is 0.836. The topological polar surface area (TPSA) is 118 Å². The third kappa shape index (κ3) is 4.18. The van der Waals surface area contributed by atoms with E-state index in [1.54, 1.807) is 54.6 Å². The van der Waals surface area contributed by atoms with Gasteiger partial charge in [0.05, 0.1) is 21.6 Å². The third-order valence-electron chi connectivity index (χ3n) is 4.65. The van der Waals surface area contributed by atoms with Crippen LogP contribution in [0.4, 0.5) is 10.5 Å². The Morgan fingerprint density at radius 2 is 1.74 bits per heavy atom. The Balaban J connectivity index is 1.61. The van der Waals surface area contributed by atoms with Crippen LogP contribution in [-0.2, 0) is 10.0 Å². The van der Waals surface area contributed by atoms with Gasteiger partial charge in [-0.05, 0) is 60.7 Å². The lowest BCUT2D eigenvalue weighted by Crippen LogP contribution is -2.26. The summed E-state index contributed by atoms with van der Waals surface area (Å²) in [6.45, 7) is 0. The Labute approximate surface area is 183 Å². The number of hydrogen-bond acceptors (Lipinski definition) is 5. The van der Waals surface area contributed by atoms with Crippen molar-refractivity contribution in [3.63, 3.8) is 0 Å². The summed E-state index contributed by atoms with van der Waals surface area (Å²) < 4.78 is 32.0. The number of fused-ring (bicyclic) bond motifs is 1. The summed E-state index contributed by atoms with van der Waals surface area (Å²) in [7, 11) is -2.26. The molecular weight excluding hydrogens is 440 g/mol. The van der Waals surface area contributed by atoms with E-state index in [9.17, 15) is 13.2 Å². The molecule has 0 saturated heterocycles. The average molecular weight is 457 g/mol. The molecule has 8 nitrogen and oxygen atoms in total. The van der Waals surface area contributed by atoms with Crippen LogP contribution in [0.3, 0.4) is 0 Å². The predicted octanol–water partition coefficient (Wildman–Crippen LogP) is 4.17. The second-order valence-electron chi connectivity index (χ2n) is 6.66. The van der Waals surface area contributed by atoms with Crippen LogP contribution in [0.15, 0.2) is 71.6 Å². The first-order valence-corrected chi connectivity index (χ1v) is 10.9. The van der Waals surface area contributed by atoms with E-state index in [4.69, 9.17) is 22.1 Å². The Kier molecular flexibility index (Phi) is 5.30. The van der Waals surface area contributed by atoms with Gasteiger partial charge in [-0.15, -0.1) is 0 Å². The number of primary amides is 1. The quantitative estimate of drug-likeness (QED) is 0.467. The number of halogens is 1. The number of hydrogen-bond donors (Lipinski definition) is 2. The number of anilines is 1. The molecule has 0 radical (unpaired) electrons. The average Bonchev–Trinajstić information content (AvgIpc) is 3.17. The number of H-pyrrole nitrogens is 1. The van der Waals surface area contributed by atoms with Gasteiger partial charge in [-0.3, -0.25) is 4.31 Å². The standard InChI is InChI=1S/C21H17ClN4O4S/c1-26(15-6-4-14(22)5-7-15)31(28,29)17-9-2-13(3-10-17)20-24-18-11-8-16(30-21(23)27)12-19(18)25-20/h2-12H,1H3,(H2,23,27)(H,24,25). The van der Waals surface area contributed by atoms with Gasteiger partial charge in [-0.25, -0.2) is 18.2 Å². The van der Waals surface area contributed by atoms with Crippen molar-refractivity contribution in [1.29, 1.82) is 0 Å². The molecule has 0 spiro atoms. The molecule has 3 aromatic carbocycles. The molecule has 4 aromatic rings. The van der Waals surface area contributed by atoms with Gasteiger partial charge in [0, 0.05) is 23.7 Å². The minimum absolute atomic E-state index is 0.141. The minimum atomic E-state index is -3.75. The lowest BCUT2D eigenvalue weighted by atomic mass is 10.2. The summed E-state index contributed by atoms with van der Waals surface area (Å²) in [6.07, 6.45) is -0.903. The van der Waals surface area contributed by atoms with E-state index < -0.39 is 16.1 Å². The lowest BCUT2D eigenvalue weighted by Gasteiger charge is -2.19. The number of amides is 1. The second-order valence-corrected chi connectivity index (χ2v) is 9.06. The van der Waals surface area contributed by atoms with E-state index in [1.807, 2.05) is 0 Å². The number of benzene rings is 3. The maximum Gasteiger partial charge on any atom is 0.409 e. The first-order valence-electron chi connectivity index (χ1n) is 9.06. The van der Waals surface area contributed by atoms with Crippen LogP contribution < -0.4 is 14.8 Å². The van der Waals surface area contributed by atoms with Gasteiger partial charge in [0.2, 0.25) is 0 Å². The number of sulfonamides is 1.